The van der Waals surface area contributed by atoms with Crippen LogP contribution < -0.4 is 5.32 Å². The van der Waals surface area contributed by atoms with Crippen molar-refractivity contribution in [3.05, 3.63) is 41.6 Å². The van der Waals surface area contributed by atoms with Gasteiger partial charge in [0.1, 0.15) is 0 Å². The lowest BCUT2D eigenvalue weighted by Crippen LogP contribution is -2.20. The van der Waals surface area contributed by atoms with Gasteiger partial charge in [-0.2, -0.15) is 0 Å². The van der Waals surface area contributed by atoms with E-state index in [0.717, 1.165) is 4.90 Å². The molecule has 0 radical (unpaired) electrons. The number of thioether (sulfide) groups is 1. The number of carbonyl (C=O) groups excluding carboxylic acids is 2. The van der Waals surface area contributed by atoms with Gasteiger partial charge in [0, 0.05) is 11.0 Å². The van der Waals surface area contributed by atoms with Gasteiger partial charge in [-0.1, -0.05) is 5.16 Å². The van der Waals surface area contributed by atoms with Crippen molar-refractivity contribution in [3.8, 4) is 0 Å². The van der Waals surface area contributed by atoms with Crippen LogP contribution in [0, 0.1) is 6.92 Å². The van der Waals surface area contributed by atoms with E-state index in [1.165, 1.54) is 0 Å². The van der Waals surface area contributed by atoms with Crippen molar-refractivity contribution in [2.24, 2.45) is 0 Å². The zero-order valence-corrected chi connectivity index (χ0v) is 12.4. The zero-order valence-electron chi connectivity index (χ0n) is 11.6. The fraction of sp³-hybridized carbons (Fsp3) is 0.214. The van der Waals surface area contributed by atoms with E-state index < -0.39 is 11.9 Å². The number of benzene rings is 1. The van der Waals surface area contributed by atoms with Gasteiger partial charge >= 0.3 is 5.97 Å². The maximum Gasteiger partial charge on any atom is 0.338 e. The van der Waals surface area contributed by atoms with Gasteiger partial charge in [-0.15, -0.1) is 11.8 Å². The van der Waals surface area contributed by atoms with Gasteiger partial charge in [0.15, 0.2) is 6.61 Å². The third kappa shape index (κ3) is 4.35. The lowest BCUT2D eigenvalue weighted by molar-refractivity contribution is -0.119. The van der Waals surface area contributed by atoms with Crippen molar-refractivity contribution >= 4 is 29.5 Å². The first-order chi connectivity index (χ1) is 10.1. The van der Waals surface area contributed by atoms with Gasteiger partial charge in [0.25, 0.3) is 5.91 Å². The van der Waals surface area contributed by atoms with E-state index in [1.54, 1.807) is 36.9 Å². The molecule has 0 bridgehead atoms. The molecule has 1 heterocycles. The lowest BCUT2D eigenvalue weighted by Gasteiger charge is -2.05. The SMILES string of the molecule is CSc1ccc(C(=O)OCC(=O)Nc2cc(C)no2)cc1. The fourth-order valence-electron chi connectivity index (χ4n) is 1.54. The Morgan fingerprint density at radius 2 is 2.05 bits per heavy atom. The van der Waals surface area contributed by atoms with E-state index in [1.807, 2.05) is 18.4 Å². The summed E-state index contributed by atoms with van der Waals surface area (Å²) in [5.41, 5.74) is 1.05. The molecule has 0 saturated carbocycles. The number of rotatable bonds is 5. The van der Waals surface area contributed by atoms with Crippen LogP contribution in [-0.2, 0) is 9.53 Å². The Morgan fingerprint density at radius 3 is 2.62 bits per heavy atom. The second-order valence-corrected chi connectivity index (χ2v) is 5.07. The molecule has 0 aliphatic carbocycles. The van der Waals surface area contributed by atoms with E-state index in [4.69, 9.17) is 9.26 Å². The molecule has 0 fully saturated rings. The molecule has 1 amide bonds. The maximum atomic E-state index is 11.8. The van der Waals surface area contributed by atoms with E-state index in [2.05, 4.69) is 10.5 Å². The monoisotopic (exact) mass is 306 g/mol. The van der Waals surface area contributed by atoms with Gasteiger partial charge in [-0.3, -0.25) is 10.1 Å². The summed E-state index contributed by atoms with van der Waals surface area (Å²) in [6.07, 6.45) is 1.95. The number of hydrogen-bond acceptors (Lipinski definition) is 6. The number of nitrogens with one attached hydrogen (secondary N) is 1. The number of anilines is 1. The molecule has 0 unspecified atom stereocenters. The van der Waals surface area contributed by atoms with Crippen molar-refractivity contribution in [3.63, 3.8) is 0 Å². The van der Waals surface area contributed by atoms with Crippen LogP contribution in [0.15, 0.2) is 39.8 Å². The Bertz CT molecular complexity index is 637. The number of aromatic nitrogens is 1. The van der Waals surface area contributed by atoms with Crippen LogP contribution in [0.5, 0.6) is 0 Å². The first-order valence-electron chi connectivity index (χ1n) is 6.13. The van der Waals surface area contributed by atoms with Gasteiger partial charge in [-0.25, -0.2) is 4.79 Å². The maximum absolute atomic E-state index is 11.8. The predicted octanol–water partition coefficient (Wildman–Crippen LogP) is 2.50. The van der Waals surface area contributed by atoms with Crippen LogP contribution in [0.1, 0.15) is 16.1 Å². The molecule has 0 spiro atoms. The quantitative estimate of drug-likeness (QED) is 0.675. The second kappa shape index (κ2) is 6.94. The number of esters is 1. The average Bonchev–Trinajstić information content (AvgIpc) is 2.90. The molecule has 6 nitrogen and oxygen atoms in total. The number of aryl methyl sites for hydroxylation is 1. The minimum atomic E-state index is -0.549. The molecular weight excluding hydrogens is 292 g/mol. The number of ether oxygens (including phenoxy) is 1. The number of amides is 1. The molecule has 0 aliphatic rings. The zero-order chi connectivity index (χ0) is 15.2. The summed E-state index contributed by atoms with van der Waals surface area (Å²) in [5.74, 6) is -0.815. The predicted molar refractivity (Wildman–Crippen MR) is 78.4 cm³/mol. The van der Waals surface area contributed by atoms with Crippen LogP contribution in [0.3, 0.4) is 0 Å². The van der Waals surface area contributed by atoms with E-state index in [9.17, 15) is 9.59 Å². The van der Waals surface area contributed by atoms with Gasteiger partial charge in [0.05, 0.1) is 11.3 Å². The molecule has 0 aliphatic heterocycles. The van der Waals surface area contributed by atoms with E-state index in [0.29, 0.717) is 11.3 Å². The number of hydrogen-bond donors (Lipinski definition) is 1. The van der Waals surface area contributed by atoms with Gasteiger partial charge < -0.3 is 9.26 Å². The van der Waals surface area contributed by atoms with Crippen molar-refractivity contribution in [2.75, 3.05) is 18.2 Å². The molecule has 2 rings (SSSR count). The van der Waals surface area contributed by atoms with Crippen molar-refractivity contribution in [2.45, 2.75) is 11.8 Å². The molecule has 2 aromatic rings. The normalized spacial score (nSPS) is 10.2. The van der Waals surface area contributed by atoms with Crippen molar-refractivity contribution in [1.82, 2.24) is 5.16 Å². The van der Waals surface area contributed by atoms with Crippen LogP contribution in [0.4, 0.5) is 5.88 Å². The highest BCUT2D eigenvalue weighted by Crippen LogP contribution is 2.15. The summed E-state index contributed by atoms with van der Waals surface area (Å²) in [5, 5.41) is 6.07. The van der Waals surface area contributed by atoms with E-state index >= 15 is 0 Å². The minimum absolute atomic E-state index is 0.220. The number of nitrogens with zero attached hydrogens (tertiary/aromatic N) is 1. The summed E-state index contributed by atoms with van der Waals surface area (Å²) in [6.45, 7) is 1.35. The van der Waals surface area contributed by atoms with Gasteiger partial charge in [0.2, 0.25) is 5.88 Å². The Hall–Kier alpha value is -2.28. The third-order valence-corrected chi connectivity index (χ3v) is 3.29. The average molecular weight is 306 g/mol. The Morgan fingerprint density at radius 1 is 1.33 bits per heavy atom. The number of carbonyl (C=O) groups is 2. The van der Waals surface area contributed by atoms with Crippen LogP contribution in [0.25, 0.3) is 0 Å². The van der Waals surface area contributed by atoms with Gasteiger partial charge in [-0.05, 0) is 37.4 Å². The standard InChI is InChI=1S/C14H14N2O4S/c1-9-7-13(20-16-9)15-12(17)8-19-14(18)10-3-5-11(21-2)6-4-10/h3-7H,8H2,1-2H3,(H,15,17). The highest BCUT2D eigenvalue weighted by molar-refractivity contribution is 7.98. The fourth-order valence-corrected chi connectivity index (χ4v) is 1.95. The summed E-state index contributed by atoms with van der Waals surface area (Å²) < 4.78 is 9.75. The molecule has 0 saturated heterocycles. The largest absolute Gasteiger partial charge is 0.452 e. The third-order valence-electron chi connectivity index (χ3n) is 2.55. The lowest BCUT2D eigenvalue weighted by atomic mass is 10.2. The Balaban J connectivity index is 1.83. The molecule has 1 aromatic carbocycles. The molecule has 1 aromatic heterocycles. The Kier molecular flexibility index (Phi) is 4.99. The second-order valence-electron chi connectivity index (χ2n) is 4.19. The molecule has 21 heavy (non-hydrogen) atoms. The van der Waals surface area contributed by atoms with Crippen molar-refractivity contribution in [1.29, 1.82) is 0 Å². The van der Waals surface area contributed by atoms with Crippen LogP contribution >= 0.6 is 11.8 Å². The summed E-state index contributed by atoms with van der Waals surface area (Å²) >= 11 is 1.58. The summed E-state index contributed by atoms with van der Waals surface area (Å²) in [7, 11) is 0. The van der Waals surface area contributed by atoms with E-state index in [-0.39, 0.29) is 12.5 Å². The Labute approximate surface area is 125 Å². The topological polar surface area (TPSA) is 81.4 Å². The first-order valence-corrected chi connectivity index (χ1v) is 7.35. The highest BCUT2D eigenvalue weighted by atomic mass is 32.2. The smallest absolute Gasteiger partial charge is 0.338 e. The summed E-state index contributed by atoms with van der Waals surface area (Å²) in [4.78, 5) is 24.4. The summed E-state index contributed by atoms with van der Waals surface area (Å²) in [6, 6.07) is 8.52. The van der Waals surface area contributed by atoms with Crippen molar-refractivity contribution < 1.29 is 18.8 Å². The molecule has 1 N–H and O–H groups in total. The molecule has 7 heteroatoms. The van der Waals surface area contributed by atoms with Crippen LogP contribution in [-0.4, -0.2) is 29.9 Å². The molecule has 0 atom stereocenters. The minimum Gasteiger partial charge on any atom is -0.452 e. The highest BCUT2D eigenvalue weighted by Gasteiger charge is 2.11. The van der Waals surface area contributed by atoms with Crippen LogP contribution in [0.2, 0.25) is 0 Å². The molecular formula is C14H14N2O4S. The first kappa shape index (κ1) is 15.1. The molecule has 110 valence electrons.